The molecule has 3 nitrogen and oxygen atoms in total. The van der Waals surface area contributed by atoms with Crippen LogP contribution in [-0.2, 0) is 6.42 Å². The Bertz CT molecular complexity index is 379. The second kappa shape index (κ2) is 4.41. The van der Waals surface area contributed by atoms with Gasteiger partial charge in [0.15, 0.2) is 11.5 Å². The fourth-order valence-corrected chi connectivity index (χ4v) is 2.30. The lowest BCUT2D eigenvalue weighted by Crippen LogP contribution is -2.11. The number of ether oxygens (including phenoxy) is 2. The van der Waals surface area contributed by atoms with Gasteiger partial charge in [-0.05, 0) is 60.1 Å². The molecule has 0 atom stereocenters. The van der Waals surface area contributed by atoms with Crippen LogP contribution < -0.4 is 14.8 Å². The van der Waals surface area contributed by atoms with E-state index in [1.807, 2.05) is 7.05 Å². The molecule has 0 saturated carbocycles. The quantitative estimate of drug-likeness (QED) is 0.915. The van der Waals surface area contributed by atoms with Crippen molar-refractivity contribution in [2.24, 2.45) is 0 Å². The van der Waals surface area contributed by atoms with Crippen LogP contribution in [-0.4, -0.2) is 20.4 Å². The second-order valence-electron chi connectivity index (χ2n) is 3.56. The van der Waals surface area contributed by atoms with Gasteiger partial charge in [0.2, 0.25) is 6.79 Å². The van der Waals surface area contributed by atoms with Crippen LogP contribution in [0.3, 0.4) is 0 Å². The van der Waals surface area contributed by atoms with Gasteiger partial charge in [0, 0.05) is 0 Å². The first-order chi connectivity index (χ1) is 7.24. The van der Waals surface area contributed by atoms with Gasteiger partial charge in [-0.1, -0.05) is 0 Å². The molecule has 0 aromatic heterocycles. The summed E-state index contributed by atoms with van der Waals surface area (Å²) in [5, 5.41) is 3.14. The molecule has 0 amide bonds. The van der Waals surface area contributed by atoms with E-state index in [1.165, 1.54) is 11.1 Å². The van der Waals surface area contributed by atoms with Gasteiger partial charge in [-0.3, -0.25) is 0 Å². The smallest absolute Gasteiger partial charge is 0.231 e. The van der Waals surface area contributed by atoms with Crippen molar-refractivity contribution < 1.29 is 9.47 Å². The summed E-state index contributed by atoms with van der Waals surface area (Å²) in [7, 11) is 1.96. The van der Waals surface area contributed by atoms with Gasteiger partial charge < -0.3 is 14.8 Å². The minimum Gasteiger partial charge on any atom is -0.453 e. The molecule has 0 radical (unpaired) electrons. The fourth-order valence-electron chi connectivity index (χ4n) is 1.73. The normalized spacial score (nSPS) is 13.3. The van der Waals surface area contributed by atoms with Crippen molar-refractivity contribution in [2.75, 3.05) is 20.4 Å². The highest BCUT2D eigenvalue weighted by Crippen LogP contribution is 2.43. The summed E-state index contributed by atoms with van der Waals surface area (Å²) >= 11 is 3.50. The summed E-state index contributed by atoms with van der Waals surface area (Å²) in [5.41, 5.74) is 2.47. The number of fused-ring (bicyclic) bond motifs is 1. The Labute approximate surface area is 97.9 Å². The van der Waals surface area contributed by atoms with Gasteiger partial charge in [0.1, 0.15) is 0 Å². The van der Waals surface area contributed by atoms with Gasteiger partial charge in [-0.15, -0.1) is 0 Å². The highest BCUT2D eigenvalue weighted by Gasteiger charge is 2.21. The zero-order valence-corrected chi connectivity index (χ0v) is 10.5. The molecule has 4 heteroatoms. The summed E-state index contributed by atoms with van der Waals surface area (Å²) in [6.45, 7) is 3.36. The average Bonchev–Trinajstić information content (AvgIpc) is 2.70. The number of hydrogen-bond donors (Lipinski definition) is 1. The molecule has 0 bridgehead atoms. The van der Waals surface area contributed by atoms with Crippen LogP contribution in [0.15, 0.2) is 10.5 Å². The molecule has 1 aromatic carbocycles. The van der Waals surface area contributed by atoms with Crippen LogP contribution in [0.1, 0.15) is 11.1 Å². The van der Waals surface area contributed by atoms with Crippen molar-refractivity contribution >= 4 is 15.9 Å². The Morgan fingerprint density at radius 2 is 2.13 bits per heavy atom. The van der Waals surface area contributed by atoms with Crippen molar-refractivity contribution in [1.82, 2.24) is 5.32 Å². The monoisotopic (exact) mass is 271 g/mol. The Morgan fingerprint density at radius 1 is 1.40 bits per heavy atom. The first-order valence-electron chi connectivity index (χ1n) is 4.96. The van der Waals surface area contributed by atoms with E-state index >= 15 is 0 Å². The largest absolute Gasteiger partial charge is 0.453 e. The lowest BCUT2D eigenvalue weighted by atomic mass is 10.0. The number of benzene rings is 1. The first kappa shape index (κ1) is 10.8. The van der Waals surface area contributed by atoms with Crippen LogP contribution >= 0.6 is 15.9 Å². The Kier molecular flexibility index (Phi) is 3.17. The minimum absolute atomic E-state index is 0.324. The predicted molar refractivity (Wildman–Crippen MR) is 62.6 cm³/mol. The number of likely N-dealkylation sites (N-methyl/N-ethyl adjacent to an activating group) is 1. The molecule has 82 valence electrons. The Hall–Kier alpha value is -0.740. The van der Waals surface area contributed by atoms with Crippen LogP contribution in [0.2, 0.25) is 0 Å². The molecule has 1 aliphatic heterocycles. The molecule has 1 N–H and O–H groups in total. The maximum atomic E-state index is 5.46. The molecule has 1 aliphatic rings. The molecular formula is C11H14BrNO2. The maximum absolute atomic E-state index is 5.46. The molecule has 0 aliphatic carbocycles. The van der Waals surface area contributed by atoms with Crippen LogP contribution in [0.5, 0.6) is 11.5 Å². The third-order valence-electron chi connectivity index (χ3n) is 2.60. The standard InChI is InChI=1S/C11H14BrNO2/c1-7-8(3-4-13-2)5-9(12)11-10(7)14-6-15-11/h5,13H,3-4,6H2,1-2H3. The van der Waals surface area contributed by atoms with Gasteiger partial charge in [0.05, 0.1) is 4.47 Å². The van der Waals surface area contributed by atoms with E-state index in [-0.39, 0.29) is 0 Å². The van der Waals surface area contributed by atoms with E-state index in [2.05, 4.69) is 34.2 Å². The first-order valence-corrected chi connectivity index (χ1v) is 5.75. The molecule has 0 fully saturated rings. The summed E-state index contributed by atoms with van der Waals surface area (Å²) in [5.74, 6) is 1.72. The predicted octanol–water partition coefficient (Wildman–Crippen LogP) is 2.25. The Balaban J connectivity index is 2.36. The zero-order chi connectivity index (χ0) is 10.8. The van der Waals surface area contributed by atoms with Crippen molar-refractivity contribution in [1.29, 1.82) is 0 Å². The molecule has 1 heterocycles. The van der Waals surface area contributed by atoms with Crippen molar-refractivity contribution in [3.05, 3.63) is 21.7 Å². The van der Waals surface area contributed by atoms with E-state index in [0.29, 0.717) is 6.79 Å². The Morgan fingerprint density at radius 3 is 2.87 bits per heavy atom. The number of rotatable bonds is 3. The van der Waals surface area contributed by atoms with Gasteiger partial charge in [0.25, 0.3) is 0 Å². The topological polar surface area (TPSA) is 30.5 Å². The van der Waals surface area contributed by atoms with E-state index in [4.69, 9.17) is 9.47 Å². The minimum atomic E-state index is 0.324. The molecular weight excluding hydrogens is 258 g/mol. The van der Waals surface area contributed by atoms with E-state index < -0.39 is 0 Å². The summed E-state index contributed by atoms with van der Waals surface area (Å²) in [6, 6.07) is 2.11. The number of halogens is 1. The lowest BCUT2D eigenvalue weighted by molar-refractivity contribution is 0.173. The highest BCUT2D eigenvalue weighted by atomic mass is 79.9. The molecule has 1 aromatic rings. The zero-order valence-electron chi connectivity index (χ0n) is 8.89. The van der Waals surface area contributed by atoms with Gasteiger partial charge in [-0.25, -0.2) is 0 Å². The fraction of sp³-hybridized carbons (Fsp3) is 0.455. The summed E-state index contributed by atoms with van der Waals surface area (Å²) < 4.78 is 11.8. The van der Waals surface area contributed by atoms with E-state index in [1.54, 1.807) is 0 Å². The lowest BCUT2D eigenvalue weighted by Gasteiger charge is -2.09. The van der Waals surface area contributed by atoms with Crippen molar-refractivity contribution in [2.45, 2.75) is 13.3 Å². The average molecular weight is 272 g/mol. The number of nitrogens with one attached hydrogen (secondary N) is 1. The molecule has 2 rings (SSSR count). The third kappa shape index (κ3) is 1.96. The van der Waals surface area contributed by atoms with Gasteiger partial charge in [-0.2, -0.15) is 0 Å². The number of hydrogen-bond acceptors (Lipinski definition) is 3. The molecule has 0 unspecified atom stereocenters. The van der Waals surface area contributed by atoms with E-state index in [9.17, 15) is 0 Å². The maximum Gasteiger partial charge on any atom is 0.231 e. The SMILES string of the molecule is CNCCc1cc(Br)c2c(c1C)OCO2. The molecule has 0 saturated heterocycles. The van der Waals surface area contributed by atoms with Crippen molar-refractivity contribution in [3.8, 4) is 11.5 Å². The van der Waals surface area contributed by atoms with Crippen LogP contribution in [0.25, 0.3) is 0 Å². The van der Waals surface area contributed by atoms with Gasteiger partial charge >= 0.3 is 0 Å². The van der Waals surface area contributed by atoms with Crippen molar-refractivity contribution in [3.63, 3.8) is 0 Å². The van der Waals surface area contributed by atoms with E-state index in [0.717, 1.165) is 28.9 Å². The molecule has 15 heavy (non-hydrogen) atoms. The highest BCUT2D eigenvalue weighted by molar-refractivity contribution is 9.10. The van der Waals surface area contributed by atoms with Crippen LogP contribution in [0, 0.1) is 6.92 Å². The second-order valence-corrected chi connectivity index (χ2v) is 4.42. The summed E-state index contributed by atoms with van der Waals surface area (Å²) in [4.78, 5) is 0. The summed E-state index contributed by atoms with van der Waals surface area (Å²) in [6.07, 6.45) is 0.998. The van der Waals surface area contributed by atoms with Crippen LogP contribution in [0.4, 0.5) is 0 Å². The molecule has 0 spiro atoms. The third-order valence-corrected chi connectivity index (χ3v) is 3.19.